The van der Waals surface area contributed by atoms with E-state index in [-0.39, 0.29) is 17.3 Å². The molecule has 1 aromatic rings. The van der Waals surface area contributed by atoms with Gasteiger partial charge in [-0.25, -0.2) is 9.78 Å². The molecule has 0 aliphatic carbocycles. The van der Waals surface area contributed by atoms with Crippen molar-refractivity contribution in [3.8, 4) is 0 Å². The third-order valence-electron chi connectivity index (χ3n) is 3.40. The molecule has 0 saturated carbocycles. The van der Waals surface area contributed by atoms with E-state index in [1.807, 2.05) is 0 Å². The Morgan fingerprint density at radius 3 is 2.58 bits per heavy atom. The van der Waals surface area contributed by atoms with Crippen LogP contribution in [0.25, 0.3) is 0 Å². The van der Waals surface area contributed by atoms with Gasteiger partial charge in [-0.2, -0.15) is 0 Å². The summed E-state index contributed by atoms with van der Waals surface area (Å²) in [5, 5.41) is 0.129. The molecule has 6 heteroatoms. The quantitative estimate of drug-likeness (QED) is 0.613. The molecule has 5 nitrogen and oxygen atoms in total. The van der Waals surface area contributed by atoms with Crippen molar-refractivity contribution in [2.24, 2.45) is 0 Å². The van der Waals surface area contributed by atoms with Crippen molar-refractivity contribution in [3.63, 3.8) is 0 Å². The van der Waals surface area contributed by atoms with Gasteiger partial charge in [-0.15, -0.1) is 0 Å². The largest absolute Gasteiger partial charge is 0.461 e. The molecule has 108 valence electrons. The second-order valence-electron chi connectivity index (χ2n) is 5.90. The predicted molar refractivity (Wildman–Crippen MR) is 74.4 cm³/mol. The van der Waals surface area contributed by atoms with E-state index in [1.165, 1.54) is 6.26 Å². The maximum absolute atomic E-state index is 11.4. The summed E-state index contributed by atoms with van der Waals surface area (Å²) in [5.74, 6) is -0.0577. The summed E-state index contributed by atoms with van der Waals surface area (Å²) < 4.78 is 16.0. The lowest BCUT2D eigenvalue weighted by molar-refractivity contribution is 0.0519. The zero-order chi connectivity index (χ0) is 14.7. The molecule has 19 heavy (non-hydrogen) atoms. The molecule has 0 fully saturated rings. The summed E-state index contributed by atoms with van der Waals surface area (Å²) in [7, 11) is -1.84. The SMILES string of the molecule is CCOC(=O)c1coc(CO[Si](C)(C)C(C)(C)C)n1. The van der Waals surface area contributed by atoms with E-state index >= 15 is 0 Å². The van der Waals surface area contributed by atoms with E-state index in [2.05, 4.69) is 38.8 Å². The Kier molecular flexibility index (Phi) is 4.92. The van der Waals surface area contributed by atoms with Gasteiger partial charge in [-0.3, -0.25) is 0 Å². The Morgan fingerprint density at radius 1 is 1.42 bits per heavy atom. The van der Waals surface area contributed by atoms with Crippen molar-refractivity contribution in [2.75, 3.05) is 6.61 Å². The molecule has 1 rings (SSSR count). The van der Waals surface area contributed by atoms with Crippen LogP contribution >= 0.6 is 0 Å². The molecule has 1 heterocycles. The third kappa shape index (κ3) is 4.17. The molecule has 0 aliphatic rings. The van der Waals surface area contributed by atoms with Crippen molar-refractivity contribution in [2.45, 2.75) is 52.4 Å². The normalized spacial score (nSPS) is 12.5. The van der Waals surface area contributed by atoms with Crippen LogP contribution in [0.2, 0.25) is 18.1 Å². The molecule has 0 saturated heterocycles. The van der Waals surface area contributed by atoms with E-state index in [0.29, 0.717) is 12.5 Å². The first-order chi connectivity index (χ1) is 8.67. The number of hydrogen-bond acceptors (Lipinski definition) is 5. The lowest BCUT2D eigenvalue weighted by Gasteiger charge is -2.35. The summed E-state index contributed by atoms with van der Waals surface area (Å²) in [6, 6.07) is 0. The van der Waals surface area contributed by atoms with E-state index in [1.54, 1.807) is 6.92 Å². The number of nitrogens with zero attached hydrogens (tertiary/aromatic N) is 1. The van der Waals surface area contributed by atoms with Crippen molar-refractivity contribution in [3.05, 3.63) is 17.8 Å². The average Bonchev–Trinajstić information content (AvgIpc) is 2.74. The Labute approximate surface area is 115 Å². The van der Waals surface area contributed by atoms with E-state index in [9.17, 15) is 4.79 Å². The van der Waals surface area contributed by atoms with Crippen LogP contribution in [0.3, 0.4) is 0 Å². The standard InChI is InChI=1S/C13H23NO4Si/c1-7-16-12(15)10-8-17-11(14-10)9-18-19(5,6)13(2,3)4/h8H,7,9H2,1-6H3. The Hall–Kier alpha value is -1.14. The summed E-state index contributed by atoms with van der Waals surface area (Å²) in [6.45, 7) is 13.2. The monoisotopic (exact) mass is 285 g/mol. The fourth-order valence-corrected chi connectivity index (χ4v) is 2.05. The average molecular weight is 285 g/mol. The highest BCUT2D eigenvalue weighted by Crippen LogP contribution is 2.36. The summed E-state index contributed by atoms with van der Waals surface area (Å²) in [6.07, 6.45) is 1.31. The van der Waals surface area contributed by atoms with Crippen molar-refractivity contribution in [1.29, 1.82) is 0 Å². The van der Waals surface area contributed by atoms with Crippen LogP contribution in [0.4, 0.5) is 0 Å². The van der Waals surface area contributed by atoms with E-state index in [4.69, 9.17) is 13.6 Å². The molecule has 0 aromatic carbocycles. The van der Waals surface area contributed by atoms with Gasteiger partial charge in [-0.1, -0.05) is 20.8 Å². The molecular formula is C13H23NO4Si. The second kappa shape index (κ2) is 5.88. The van der Waals surface area contributed by atoms with Crippen molar-refractivity contribution < 1.29 is 18.4 Å². The van der Waals surface area contributed by atoms with Crippen LogP contribution < -0.4 is 0 Å². The second-order valence-corrected chi connectivity index (χ2v) is 10.7. The fourth-order valence-electron chi connectivity index (χ4n) is 1.13. The minimum Gasteiger partial charge on any atom is -0.461 e. The molecule has 0 radical (unpaired) electrons. The fraction of sp³-hybridized carbons (Fsp3) is 0.692. The number of hydrogen-bond donors (Lipinski definition) is 0. The number of ether oxygens (including phenoxy) is 1. The van der Waals surface area contributed by atoms with Gasteiger partial charge in [0.15, 0.2) is 14.0 Å². The topological polar surface area (TPSA) is 61.6 Å². The van der Waals surface area contributed by atoms with Gasteiger partial charge in [0.2, 0.25) is 5.89 Å². The summed E-state index contributed by atoms with van der Waals surface area (Å²) in [4.78, 5) is 15.5. The zero-order valence-corrected chi connectivity index (χ0v) is 13.6. The smallest absolute Gasteiger partial charge is 0.360 e. The highest BCUT2D eigenvalue weighted by molar-refractivity contribution is 6.74. The molecule has 0 aliphatic heterocycles. The number of rotatable bonds is 5. The Balaban J connectivity index is 2.63. The Bertz CT molecular complexity index is 434. The minimum atomic E-state index is -1.84. The Morgan fingerprint density at radius 2 is 2.05 bits per heavy atom. The highest BCUT2D eigenvalue weighted by Gasteiger charge is 2.37. The first-order valence-electron chi connectivity index (χ1n) is 6.43. The van der Waals surface area contributed by atoms with E-state index in [0.717, 1.165) is 0 Å². The number of esters is 1. The molecule has 0 bridgehead atoms. The zero-order valence-electron chi connectivity index (χ0n) is 12.6. The highest BCUT2D eigenvalue weighted by atomic mass is 28.4. The number of carbonyl (C=O) groups is 1. The lowest BCUT2D eigenvalue weighted by atomic mass is 10.2. The van der Waals surface area contributed by atoms with Gasteiger partial charge in [0.1, 0.15) is 12.9 Å². The minimum absolute atomic E-state index is 0.129. The summed E-state index contributed by atoms with van der Waals surface area (Å²) >= 11 is 0. The van der Waals surface area contributed by atoms with Crippen molar-refractivity contribution >= 4 is 14.3 Å². The number of aromatic nitrogens is 1. The first-order valence-corrected chi connectivity index (χ1v) is 9.33. The van der Waals surface area contributed by atoms with Gasteiger partial charge < -0.3 is 13.6 Å². The van der Waals surface area contributed by atoms with Gasteiger partial charge in [-0.05, 0) is 25.1 Å². The lowest BCUT2D eigenvalue weighted by Crippen LogP contribution is -2.40. The van der Waals surface area contributed by atoms with Gasteiger partial charge in [0, 0.05) is 0 Å². The van der Waals surface area contributed by atoms with Crippen LogP contribution in [-0.4, -0.2) is 25.9 Å². The molecule has 0 spiro atoms. The van der Waals surface area contributed by atoms with Crippen LogP contribution in [0.5, 0.6) is 0 Å². The van der Waals surface area contributed by atoms with E-state index < -0.39 is 14.3 Å². The maximum Gasteiger partial charge on any atom is 0.360 e. The predicted octanol–water partition coefficient (Wildman–Crippen LogP) is 3.37. The van der Waals surface area contributed by atoms with Crippen LogP contribution in [-0.2, 0) is 15.8 Å². The number of carbonyl (C=O) groups excluding carboxylic acids is 1. The molecule has 0 amide bonds. The van der Waals surface area contributed by atoms with Crippen LogP contribution in [0.1, 0.15) is 44.1 Å². The van der Waals surface area contributed by atoms with Gasteiger partial charge in [0.25, 0.3) is 0 Å². The number of oxazole rings is 1. The third-order valence-corrected chi connectivity index (χ3v) is 7.88. The van der Waals surface area contributed by atoms with Crippen molar-refractivity contribution in [1.82, 2.24) is 4.98 Å². The van der Waals surface area contributed by atoms with Gasteiger partial charge >= 0.3 is 5.97 Å². The molecule has 0 atom stereocenters. The molecule has 0 N–H and O–H groups in total. The van der Waals surface area contributed by atoms with Gasteiger partial charge in [0.05, 0.1) is 6.61 Å². The maximum atomic E-state index is 11.4. The molecular weight excluding hydrogens is 262 g/mol. The molecule has 1 aromatic heterocycles. The van der Waals surface area contributed by atoms with Crippen LogP contribution in [0.15, 0.2) is 10.7 Å². The first kappa shape index (κ1) is 15.9. The summed E-state index contributed by atoms with van der Waals surface area (Å²) in [5.41, 5.74) is 0.190. The van der Waals surface area contributed by atoms with Crippen LogP contribution in [0, 0.1) is 0 Å². The molecule has 0 unspecified atom stereocenters.